The number of piperidine rings is 1. The molecule has 3 nitrogen and oxygen atoms in total. The first-order valence-electron chi connectivity index (χ1n) is 6.15. The van der Waals surface area contributed by atoms with E-state index in [0.29, 0.717) is 0 Å². The van der Waals surface area contributed by atoms with E-state index in [-0.39, 0.29) is 6.03 Å². The van der Waals surface area contributed by atoms with Crippen LogP contribution in [0.5, 0.6) is 0 Å². The average Bonchev–Trinajstić information content (AvgIpc) is 2.26. The van der Waals surface area contributed by atoms with Crippen molar-refractivity contribution in [1.82, 2.24) is 9.80 Å². The molecule has 0 aromatic carbocycles. The fraction of sp³-hybridized carbons (Fsp3) is 0.917. The van der Waals surface area contributed by atoms with Crippen LogP contribution in [0, 0.1) is 5.92 Å². The third-order valence-corrected chi connectivity index (χ3v) is 3.23. The van der Waals surface area contributed by atoms with E-state index in [0.717, 1.165) is 51.2 Å². The summed E-state index contributed by atoms with van der Waals surface area (Å²) in [5.74, 6) is 0.787. The van der Waals surface area contributed by atoms with E-state index in [1.807, 2.05) is 16.8 Å². The number of carbonyl (C=O) groups is 1. The summed E-state index contributed by atoms with van der Waals surface area (Å²) < 4.78 is 0. The summed E-state index contributed by atoms with van der Waals surface area (Å²) in [7, 11) is 1.91. The van der Waals surface area contributed by atoms with Gasteiger partial charge in [-0.05, 0) is 25.2 Å². The van der Waals surface area contributed by atoms with Gasteiger partial charge in [0.05, 0.1) is 0 Å². The molecule has 88 valence electrons. The van der Waals surface area contributed by atoms with Crippen molar-refractivity contribution in [2.24, 2.45) is 5.92 Å². The fourth-order valence-corrected chi connectivity index (χ4v) is 1.93. The summed E-state index contributed by atoms with van der Waals surface area (Å²) in [6.07, 6.45) is 4.57. The van der Waals surface area contributed by atoms with Crippen molar-refractivity contribution < 1.29 is 4.79 Å². The van der Waals surface area contributed by atoms with Crippen LogP contribution in [-0.2, 0) is 0 Å². The number of rotatable bonds is 3. The van der Waals surface area contributed by atoms with E-state index in [1.165, 1.54) is 0 Å². The van der Waals surface area contributed by atoms with Gasteiger partial charge in [0.2, 0.25) is 0 Å². The van der Waals surface area contributed by atoms with Crippen LogP contribution in [0.3, 0.4) is 0 Å². The first kappa shape index (κ1) is 12.3. The summed E-state index contributed by atoms with van der Waals surface area (Å²) >= 11 is 0. The van der Waals surface area contributed by atoms with Gasteiger partial charge in [-0.1, -0.05) is 20.3 Å². The molecule has 0 aliphatic carbocycles. The van der Waals surface area contributed by atoms with E-state index >= 15 is 0 Å². The van der Waals surface area contributed by atoms with Crippen LogP contribution in [0.1, 0.15) is 39.5 Å². The van der Waals surface area contributed by atoms with Crippen molar-refractivity contribution in [3.63, 3.8) is 0 Å². The van der Waals surface area contributed by atoms with E-state index < -0.39 is 0 Å². The Labute approximate surface area is 93.4 Å². The standard InChI is InChI=1S/C12H24N2O/c1-4-5-8-13(3)12(15)14-9-6-11(2)7-10-14/h11H,4-10H2,1-3H3. The lowest BCUT2D eigenvalue weighted by Crippen LogP contribution is -2.45. The number of carbonyl (C=O) groups excluding carboxylic acids is 1. The van der Waals surface area contributed by atoms with Crippen LogP contribution in [0.15, 0.2) is 0 Å². The predicted molar refractivity (Wildman–Crippen MR) is 62.9 cm³/mol. The Morgan fingerprint density at radius 2 is 2.00 bits per heavy atom. The highest BCUT2D eigenvalue weighted by molar-refractivity contribution is 5.74. The van der Waals surface area contributed by atoms with Gasteiger partial charge in [0, 0.05) is 26.7 Å². The lowest BCUT2D eigenvalue weighted by molar-refractivity contribution is 0.142. The van der Waals surface area contributed by atoms with E-state index in [4.69, 9.17) is 0 Å². The van der Waals surface area contributed by atoms with Crippen molar-refractivity contribution in [2.45, 2.75) is 39.5 Å². The van der Waals surface area contributed by atoms with Crippen molar-refractivity contribution in [2.75, 3.05) is 26.7 Å². The maximum Gasteiger partial charge on any atom is 0.319 e. The van der Waals surface area contributed by atoms with Gasteiger partial charge in [0.25, 0.3) is 0 Å². The van der Waals surface area contributed by atoms with Gasteiger partial charge in [-0.2, -0.15) is 0 Å². The highest BCUT2D eigenvalue weighted by atomic mass is 16.2. The molecule has 0 atom stereocenters. The van der Waals surface area contributed by atoms with Crippen molar-refractivity contribution in [1.29, 1.82) is 0 Å². The molecule has 0 unspecified atom stereocenters. The predicted octanol–water partition coefficient (Wildman–Crippen LogP) is 2.57. The second kappa shape index (κ2) is 5.99. The lowest BCUT2D eigenvalue weighted by Gasteiger charge is -2.33. The summed E-state index contributed by atoms with van der Waals surface area (Å²) in [4.78, 5) is 15.8. The number of hydrogen-bond acceptors (Lipinski definition) is 1. The number of nitrogens with zero attached hydrogens (tertiary/aromatic N) is 2. The summed E-state index contributed by atoms with van der Waals surface area (Å²) in [5.41, 5.74) is 0. The van der Waals surface area contributed by atoms with Gasteiger partial charge >= 0.3 is 6.03 Å². The molecule has 0 bridgehead atoms. The molecule has 1 aliphatic heterocycles. The first-order valence-corrected chi connectivity index (χ1v) is 6.15. The number of hydrogen-bond donors (Lipinski definition) is 0. The Hall–Kier alpha value is -0.730. The highest BCUT2D eigenvalue weighted by Crippen LogP contribution is 2.16. The van der Waals surface area contributed by atoms with Crippen LogP contribution in [0.2, 0.25) is 0 Å². The van der Waals surface area contributed by atoms with Crippen LogP contribution >= 0.6 is 0 Å². The molecule has 0 N–H and O–H groups in total. The first-order chi connectivity index (χ1) is 7.15. The summed E-state index contributed by atoms with van der Waals surface area (Å²) in [6.45, 7) is 7.19. The van der Waals surface area contributed by atoms with Gasteiger partial charge in [-0.3, -0.25) is 0 Å². The maximum atomic E-state index is 12.0. The normalized spacial score (nSPS) is 17.9. The second-order valence-electron chi connectivity index (χ2n) is 4.73. The molecular weight excluding hydrogens is 188 g/mol. The van der Waals surface area contributed by atoms with Crippen molar-refractivity contribution in [3.8, 4) is 0 Å². The lowest BCUT2D eigenvalue weighted by atomic mass is 10.00. The molecule has 1 fully saturated rings. The molecule has 0 aromatic heterocycles. The Bertz CT molecular complexity index is 198. The Morgan fingerprint density at radius 1 is 1.40 bits per heavy atom. The van der Waals surface area contributed by atoms with E-state index in [2.05, 4.69) is 13.8 Å². The minimum absolute atomic E-state index is 0.218. The molecule has 2 amide bonds. The smallest absolute Gasteiger partial charge is 0.319 e. The Balaban J connectivity index is 2.32. The maximum absolute atomic E-state index is 12.0. The fourth-order valence-electron chi connectivity index (χ4n) is 1.93. The van der Waals surface area contributed by atoms with Gasteiger partial charge in [0.15, 0.2) is 0 Å². The molecule has 1 rings (SSSR count). The van der Waals surface area contributed by atoms with Crippen molar-refractivity contribution in [3.05, 3.63) is 0 Å². The van der Waals surface area contributed by atoms with Crippen molar-refractivity contribution >= 4 is 6.03 Å². The molecule has 15 heavy (non-hydrogen) atoms. The van der Waals surface area contributed by atoms with Gasteiger partial charge in [-0.15, -0.1) is 0 Å². The number of urea groups is 1. The molecule has 0 spiro atoms. The van der Waals surface area contributed by atoms with Gasteiger partial charge in [0.1, 0.15) is 0 Å². The minimum Gasteiger partial charge on any atom is -0.328 e. The number of unbranched alkanes of at least 4 members (excludes halogenated alkanes) is 1. The van der Waals surface area contributed by atoms with E-state index in [1.54, 1.807) is 0 Å². The SMILES string of the molecule is CCCCN(C)C(=O)N1CCC(C)CC1. The average molecular weight is 212 g/mol. The van der Waals surface area contributed by atoms with Crippen LogP contribution in [0.25, 0.3) is 0 Å². The zero-order valence-electron chi connectivity index (χ0n) is 10.3. The Kier molecular flexibility index (Phi) is 4.92. The summed E-state index contributed by atoms with van der Waals surface area (Å²) in [5, 5.41) is 0. The topological polar surface area (TPSA) is 23.6 Å². The van der Waals surface area contributed by atoms with Gasteiger partial charge in [-0.25, -0.2) is 4.79 Å². The largest absolute Gasteiger partial charge is 0.328 e. The molecule has 0 radical (unpaired) electrons. The number of likely N-dealkylation sites (tertiary alicyclic amines) is 1. The molecule has 3 heteroatoms. The zero-order valence-corrected chi connectivity index (χ0v) is 10.3. The minimum atomic E-state index is 0.218. The zero-order chi connectivity index (χ0) is 11.3. The van der Waals surface area contributed by atoms with Crippen LogP contribution in [0.4, 0.5) is 4.79 Å². The quantitative estimate of drug-likeness (QED) is 0.705. The molecule has 1 saturated heterocycles. The third kappa shape index (κ3) is 3.73. The number of amides is 2. The monoisotopic (exact) mass is 212 g/mol. The molecule has 0 aromatic rings. The van der Waals surface area contributed by atoms with E-state index in [9.17, 15) is 4.79 Å². The Morgan fingerprint density at radius 3 is 2.53 bits per heavy atom. The molecule has 0 saturated carbocycles. The second-order valence-corrected chi connectivity index (χ2v) is 4.73. The van der Waals surface area contributed by atoms with Crippen LogP contribution < -0.4 is 0 Å². The van der Waals surface area contributed by atoms with Gasteiger partial charge < -0.3 is 9.80 Å². The highest BCUT2D eigenvalue weighted by Gasteiger charge is 2.22. The molecular formula is C12H24N2O. The molecule has 1 aliphatic rings. The summed E-state index contributed by atoms with van der Waals surface area (Å²) in [6, 6.07) is 0.218. The van der Waals surface area contributed by atoms with Crippen LogP contribution in [-0.4, -0.2) is 42.5 Å². The third-order valence-electron chi connectivity index (χ3n) is 3.23. The molecule has 1 heterocycles.